The van der Waals surface area contributed by atoms with E-state index < -0.39 is 0 Å². The lowest BCUT2D eigenvalue weighted by atomic mass is 10.00. The van der Waals surface area contributed by atoms with Gasteiger partial charge in [-0.2, -0.15) is 0 Å². The lowest BCUT2D eigenvalue weighted by Crippen LogP contribution is -1.91. The molecule has 6 aromatic rings. The van der Waals surface area contributed by atoms with Crippen molar-refractivity contribution in [3.63, 3.8) is 0 Å². The number of fused-ring (bicyclic) bond motifs is 5. The summed E-state index contributed by atoms with van der Waals surface area (Å²) < 4.78 is 0. The monoisotopic (exact) mass is 357 g/mol. The van der Waals surface area contributed by atoms with E-state index in [1.165, 1.54) is 10.8 Å². The van der Waals surface area contributed by atoms with Crippen LogP contribution in [0.15, 0.2) is 91.3 Å². The second-order valence-electron chi connectivity index (χ2n) is 6.99. The predicted molar refractivity (Wildman–Crippen MR) is 115 cm³/mol. The lowest BCUT2D eigenvalue weighted by molar-refractivity contribution is 1.36. The van der Waals surface area contributed by atoms with E-state index in [1.807, 2.05) is 24.5 Å². The first-order valence-electron chi connectivity index (χ1n) is 9.29. The van der Waals surface area contributed by atoms with Gasteiger partial charge in [-0.1, -0.05) is 42.5 Å². The zero-order chi connectivity index (χ0) is 18.5. The second kappa shape index (κ2) is 5.83. The molecule has 0 aliphatic carbocycles. The Balaban J connectivity index is 1.67. The molecule has 0 fully saturated rings. The number of aromatic nitrogens is 3. The standard InChI is InChI=1S/C25H15N3/c1-2-6-17-15-23-18(13-16(17)5-1)9-10-22(28-23)21-14-19-7-3-11-26-24(19)25-20(21)8-4-12-27-25/h1-15H. The lowest BCUT2D eigenvalue weighted by Gasteiger charge is -2.10. The molecule has 0 saturated heterocycles. The Labute approximate surface area is 161 Å². The quantitative estimate of drug-likeness (QED) is 0.262. The van der Waals surface area contributed by atoms with Gasteiger partial charge in [0.15, 0.2) is 0 Å². The topological polar surface area (TPSA) is 38.7 Å². The summed E-state index contributed by atoms with van der Waals surface area (Å²) in [5.74, 6) is 0. The molecule has 3 heteroatoms. The van der Waals surface area contributed by atoms with Crippen molar-refractivity contribution >= 4 is 43.5 Å². The molecule has 0 radical (unpaired) electrons. The van der Waals surface area contributed by atoms with Crippen LogP contribution in [0.5, 0.6) is 0 Å². The highest BCUT2D eigenvalue weighted by atomic mass is 14.7. The molecule has 0 amide bonds. The molecule has 130 valence electrons. The van der Waals surface area contributed by atoms with Gasteiger partial charge in [-0.05, 0) is 47.2 Å². The van der Waals surface area contributed by atoms with Crippen molar-refractivity contribution in [3.8, 4) is 11.3 Å². The van der Waals surface area contributed by atoms with Crippen molar-refractivity contribution < 1.29 is 0 Å². The van der Waals surface area contributed by atoms with Crippen LogP contribution >= 0.6 is 0 Å². The van der Waals surface area contributed by atoms with Crippen LogP contribution in [0.1, 0.15) is 0 Å². The first-order valence-corrected chi connectivity index (χ1v) is 9.29. The first kappa shape index (κ1) is 15.2. The zero-order valence-electron chi connectivity index (χ0n) is 15.0. The summed E-state index contributed by atoms with van der Waals surface area (Å²) in [4.78, 5) is 14.2. The van der Waals surface area contributed by atoms with Crippen molar-refractivity contribution in [2.45, 2.75) is 0 Å². The van der Waals surface area contributed by atoms with Gasteiger partial charge in [0.1, 0.15) is 0 Å². The Morgan fingerprint density at radius 3 is 2.18 bits per heavy atom. The highest BCUT2D eigenvalue weighted by molar-refractivity contribution is 6.10. The summed E-state index contributed by atoms with van der Waals surface area (Å²) in [5.41, 5.74) is 4.87. The van der Waals surface area contributed by atoms with E-state index in [0.717, 1.165) is 44.0 Å². The molecule has 0 unspecified atom stereocenters. The number of hydrogen-bond acceptors (Lipinski definition) is 3. The van der Waals surface area contributed by atoms with Crippen LogP contribution in [0.4, 0.5) is 0 Å². The van der Waals surface area contributed by atoms with Gasteiger partial charge in [-0.3, -0.25) is 9.97 Å². The second-order valence-corrected chi connectivity index (χ2v) is 6.99. The number of hydrogen-bond donors (Lipinski definition) is 0. The van der Waals surface area contributed by atoms with E-state index >= 15 is 0 Å². The molecule has 3 heterocycles. The first-order chi connectivity index (χ1) is 13.9. The fourth-order valence-corrected chi connectivity index (χ4v) is 3.95. The SMILES string of the molecule is c1ccc2cc3nc(-c4cc5cccnc5c5ncccc45)ccc3cc2c1. The third-order valence-electron chi connectivity index (χ3n) is 5.29. The molecule has 0 spiro atoms. The summed E-state index contributed by atoms with van der Waals surface area (Å²) in [6.07, 6.45) is 3.63. The van der Waals surface area contributed by atoms with Gasteiger partial charge >= 0.3 is 0 Å². The Morgan fingerprint density at radius 1 is 0.536 bits per heavy atom. The molecular formula is C25H15N3. The van der Waals surface area contributed by atoms with Crippen LogP contribution in [0.3, 0.4) is 0 Å². The van der Waals surface area contributed by atoms with Gasteiger partial charge in [0, 0.05) is 34.1 Å². The average Bonchev–Trinajstić information content (AvgIpc) is 2.77. The fourth-order valence-electron chi connectivity index (χ4n) is 3.95. The minimum Gasteiger partial charge on any atom is -0.254 e. The molecule has 0 aliphatic heterocycles. The summed E-state index contributed by atoms with van der Waals surface area (Å²) in [6, 6.07) is 27.3. The third kappa shape index (κ3) is 2.26. The largest absolute Gasteiger partial charge is 0.254 e. The molecule has 0 aliphatic rings. The van der Waals surface area contributed by atoms with Crippen molar-refractivity contribution in [1.29, 1.82) is 0 Å². The summed E-state index contributed by atoms with van der Waals surface area (Å²) >= 11 is 0. The molecule has 6 rings (SSSR count). The summed E-state index contributed by atoms with van der Waals surface area (Å²) in [5, 5.41) is 5.72. The molecule has 28 heavy (non-hydrogen) atoms. The minimum absolute atomic E-state index is 0.913. The number of benzene rings is 3. The summed E-state index contributed by atoms with van der Waals surface area (Å²) in [7, 11) is 0. The maximum atomic E-state index is 5.00. The zero-order valence-corrected chi connectivity index (χ0v) is 15.0. The van der Waals surface area contributed by atoms with Crippen molar-refractivity contribution in [1.82, 2.24) is 15.0 Å². The van der Waals surface area contributed by atoms with E-state index in [1.54, 1.807) is 0 Å². The van der Waals surface area contributed by atoms with Crippen LogP contribution in [-0.4, -0.2) is 15.0 Å². The molecule has 3 nitrogen and oxygen atoms in total. The van der Waals surface area contributed by atoms with E-state index in [9.17, 15) is 0 Å². The van der Waals surface area contributed by atoms with Crippen LogP contribution in [0.25, 0.3) is 54.7 Å². The molecule has 0 saturated carbocycles. The Bertz CT molecular complexity index is 1520. The molecule has 3 aromatic heterocycles. The van der Waals surface area contributed by atoms with Crippen LogP contribution < -0.4 is 0 Å². The normalized spacial score (nSPS) is 11.6. The van der Waals surface area contributed by atoms with Crippen LogP contribution in [0.2, 0.25) is 0 Å². The molecule has 0 atom stereocenters. The molecular weight excluding hydrogens is 342 g/mol. The molecule has 0 bridgehead atoms. The average molecular weight is 357 g/mol. The van der Waals surface area contributed by atoms with Crippen LogP contribution in [0, 0.1) is 0 Å². The van der Waals surface area contributed by atoms with Gasteiger partial charge in [0.25, 0.3) is 0 Å². The maximum absolute atomic E-state index is 5.00. The van der Waals surface area contributed by atoms with E-state index in [4.69, 9.17) is 4.98 Å². The van der Waals surface area contributed by atoms with Gasteiger partial charge in [-0.25, -0.2) is 4.98 Å². The maximum Gasteiger partial charge on any atom is 0.0971 e. The highest BCUT2D eigenvalue weighted by Crippen LogP contribution is 2.33. The molecule has 3 aromatic carbocycles. The van der Waals surface area contributed by atoms with Gasteiger partial charge in [-0.15, -0.1) is 0 Å². The molecule has 0 N–H and O–H groups in total. The van der Waals surface area contributed by atoms with Crippen LogP contribution in [-0.2, 0) is 0 Å². The summed E-state index contributed by atoms with van der Waals surface area (Å²) in [6.45, 7) is 0. The van der Waals surface area contributed by atoms with E-state index in [2.05, 4.69) is 76.7 Å². The number of pyridine rings is 3. The fraction of sp³-hybridized carbons (Fsp3) is 0. The predicted octanol–water partition coefficient (Wildman–Crippen LogP) is 6.15. The highest BCUT2D eigenvalue weighted by Gasteiger charge is 2.11. The Morgan fingerprint density at radius 2 is 1.29 bits per heavy atom. The number of nitrogens with zero attached hydrogens (tertiary/aromatic N) is 3. The van der Waals surface area contributed by atoms with E-state index in [-0.39, 0.29) is 0 Å². The minimum atomic E-state index is 0.913. The van der Waals surface area contributed by atoms with Crippen molar-refractivity contribution in [2.24, 2.45) is 0 Å². The van der Waals surface area contributed by atoms with Crippen molar-refractivity contribution in [2.75, 3.05) is 0 Å². The van der Waals surface area contributed by atoms with Gasteiger partial charge in [0.2, 0.25) is 0 Å². The Hall–Kier alpha value is -3.85. The van der Waals surface area contributed by atoms with Crippen molar-refractivity contribution in [3.05, 3.63) is 91.3 Å². The Kier molecular flexibility index (Phi) is 3.17. The van der Waals surface area contributed by atoms with Gasteiger partial charge < -0.3 is 0 Å². The number of rotatable bonds is 1. The van der Waals surface area contributed by atoms with E-state index in [0.29, 0.717) is 0 Å². The smallest absolute Gasteiger partial charge is 0.0971 e. The third-order valence-corrected chi connectivity index (χ3v) is 5.29. The van der Waals surface area contributed by atoms with Gasteiger partial charge in [0.05, 0.1) is 22.2 Å².